The van der Waals surface area contributed by atoms with Crippen LogP contribution in [0.3, 0.4) is 0 Å². The summed E-state index contributed by atoms with van der Waals surface area (Å²) in [5, 5.41) is 0.756. The van der Waals surface area contributed by atoms with Gasteiger partial charge in [-0.15, -0.1) is 23.5 Å². The molecule has 0 radical (unpaired) electrons. The number of pyridine rings is 2. The van der Waals surface area contributed by atoms with Crippen molar-refractivity contribution in [3.63, 3.8) is 0 Å². The molecule has 0 unspecified atom stereocenters. The lowest BCUT2D eigenvalue weighted by atomic mass is 9.89. The molecule has 2 aliphatic rings. The number of fused-ring (bicyclic) bond motifs is 2. The van der Waals surface area contributed by atoms with Gasteiger partial charge in [0.25, 0.3) is 0 Å². The minimum atomic E-state index is 0.193. The van der Waals surface area contributed by atoms with E-state index in [-0.39, 0.29) is 5.91 Å². The van der Waals surface area contributed by atoms with Gasteiger partial charge < -0.3 is 4.90 Å². The van der Waals surface area contributed by atoms with Gasteiger partial charge in [0.15, 0.2) is 0 Å². The van der Waals surface area contributed by atoms with Crippen LogP contribution in [-0.2, 0) is 10.5 Å². The minimum Gasteiger partial charge on any atom is -0.341 e. The maximum Gasteiger partial charge on any atom is 0.232 e. The number of amides is 1. The van der Waals surface area contributed by atoms with Crippen LogP contribution in [-0.4, -0.2) is 39.6 Å². The van der Waals surface area contributed by atoms with Crippen molar-refractivity contribution in [3.05, 3.63) is 88.5 Å². The molecule has 4 nitrogen and oxygen atoms in total. The van der Waals surface area contributed by atoms with Crippen LogP contribution >= 0.6 is 35.1 Å². The number of nitrogens with zero attached hydrogens (tertiary/aromatic N) is 3. The highest BCUT2D eigenvalue weighted by Gasteiger charge is 2.26. The molecule has 7 heteroatoms. The zero-order chi connectivity index (χ0) is 21.9. The number of carbonyl (C=O) groups is 1. The minimum absolute atomic E-state index is 0.193. The summed E-state index contributed by atoms with van der Waals surface area (Å²) < 4.78 is 0. The zero-order valence-corrected chi connectivity index (χ0v) is 19.8. The van der Waals surface area contributed by atoms with Gasteiger partial charge in [0.2, 0.25) is 5.91 Å². The van der Waals surface area contributed by atoms with E-state index in [0.29, 0.717) is 5.75 Å². The van der Waals surface area contributed by atoms with Crippen molar-refractivity contribution in [1.29, 1.82) is 0 Å². The second-order valence-electron chi connectivity index (χ2n) is 7.77. The average Bonchev–Trinajstić information content (AvgIpc) is 3.00. The Balaban J connectivity index is 1.38. The van der Waals surface area contributed by atoms with Gasteiger partial charge in [-0.1, -0.05) is 29.3 Å². The first-order valence-electron chi connectivity index (χ1n) is 10.6. The molecule has 1 aromatic carbocycles. The van der Waals surface area contributed by atoms with Gasteiger partial charge in [0, 0.05) is 57.8 Å². The Kier molecular flexibility index (Phi) is 6.53. The van der Waals surface area contributed by atoms with Crippen LogP contribution < -0.4 is 0 Å². The predicted molar refractivity (Wildman–Crippen MR) is 132 cm³/mol. The van der Waals surface area contributed by atoms with E-state index in [0.717, 1.165) is 47.3 Å². The Morgan fingerprint density at radius 3 is 2.72 bits per heavy atom. The van der Waals surface area contributed by atoms with Crippen molar-refractivity contribution in [1.82, 2.24) is 14.9 Å². The first kappa shape index (κ1) is 21.6. The molecule has 5 rings (SSSR count). The molecule has 1 amide bonds. The normalized spacial score (nSPS) is 15.7. The third-order valence-corrected chi connectivity index (χ3v) is 8.15. The molecule has 0 atom stereocenters. The first-order valence-corrected chi connectivity index (χ1v) is 12.9. The van der Waals surface area contributed by atoms with E-state index in [1.807, 2.05) is 47.1 Å². The van der Waals surface area contributed by atoms with E-state index in [2.05, 4.69) is 23.2 Å². The standard InChI is InChI=1S/C25H22ClN3OS2/c26-19-3-4-21-22(14-19)32-15-18-2-1-9-28-25(18)24(21)17-7-12-29(13-8-17)23(30)16-31-20-5-10-27-11-6-20/h1-6,9-11,14H,7-8,12-13,15-16H2. The summed E-state index contributed by atoms with van der Waals surface area (Å²) in [5.74, 6) is 1.53. The molecule has 3 aromatic rings. The van der Waals surface area contributed by atoms with E-state index < -0.39 is 0 Å². The number of likely N-dealkylation sites (tertiary alicyclic amines) is 1. The maximum absolute atomic E-state index is 12.8. The van der Waals surface area contributed by atoms with Crippen LogP contribution in [0.4, 0.5) is 0 Å². The van der Waals surface area contributed by atoms with Gasteiger partial charge in [-0.05, 0) is 54.3 Å². The summed E-state index contributed by atoms with van der Waals surface area (Å²) >= 11 is 9.69. The van der Waals surface area contributed by atoms with Crippen molar-refractivity contribution >= 4 is 46.6 Å². The number of thioether (sulfide) groups is 2. The third-order valence-electron chi connectivity index (χ3n) is 5.81. The summed E-state index contributed by atoms with van der Waals surface area (Å²) in [6.45, 7) is 1.49. The molecule has 32 heavy (non-hydrogen) atoms. The van der Waals surface area contributed by atoms with Crippen molar-refractivity contribution in [2.24, 2.45) is 0 Å². The monoisotopic (exact) mass is 479 g/mol. The lowest BCUT2D eigenvalue weighted by Crippen LogP contribution is -2.37. The summed E-state index contributed by atoms with van der Waals surface area (Å²) in [5.41, 5.74) is 6.14. The summed E-state index contributed by atoms with van der Waals surface area (Å²) in [4.78, 5) is 25.9. The number of piperidine rings is 1. The molecule has 0 saturated carbocycles. The van der Waals surface area contributed by atoms with E-state index in [1.165, 1.54) is 27.2 Å². The Hall–Kier alpha value is -2.28. The molecular weight excluding hydrogens is 458 g/mol. The highest BCUT2D eigenvalue weighted by molar-refractivity contribution is 8.00. The van der Waals surface area contributed by atoms with Gasteiger partial charge >= 0.3 is 0 Å². The molecule has 162 valence electrons. The quantitative estimate of drug-likeness (QED) is 0.434. The van der Waals surface area contributed by atoms with Gasteiger partial charge in [-0.3, -0.25) is 14.8 Å². The average molecular weight is 480 g/mol. The molecule has 2 aromatic heterocycles. The van der Waals surface area contributed by atoms with Crippen molar-refractivity contribution in [2.45, 2.75) is 28.4 Å². The molecule has 0 N–H and O–H groups in total. The van der Waals surface area contributed by atoms with Crippen molar-refractivity contribution < 1.29 is 4.79 Å². The lowest BCUT2D eigenvalue weighted by Gasteiger charge is -2.30. The first-order chi connectivity index (χ1) is 15.7. The van der Waals surface area contributed by atoms with E-state index in [1.54, 1.807) is 24.2 Å². The highest BCUT2D eigenvalue weighted by Crippen LogP contribution is 2.43. The van der Waals surface area contributed by atoms with E-state index in [9.17, 15) is 4.79 Å². The van der Waals surface area contributed by atoms with E-state index >= 15 is 0 Å². The number of halogens is 1. The number of hydrogen-bond acceptors (Lipinski definition) is 5. The zero-order valence-electron chi connectivity index (χ0n) is 17.5. The number of carbonyl (C=O) groups excluding carboxylic acids is 1. The Bertz CT molecular complexity index is 1170. The van der Waals surface area contributed by atoms with Crippen LogP contribution in [0.15, 0.2) is 76.4 Å². The Morgan fingerprint density at radius 1 is 1.09 bits per heavy atom. The fraction of sp³-hybridized carbons (Fsp3) is 0.240. The topological polar surface area (TPSA) is 46.1 Å². The lowest BCUT2D eigenvalue weighted by molar-refractivity contribution is -0.128. The van der Waals surface area contributed by atoms with Gasteiger partial charge in [0.1, 0.15) is 0 Å². The van der Waals surface area contributed by atoms with Gasteiger partial charge in [-0.2, -0.15) is 0 Å². The smallest absolute Gasteiger partial charge is 0.232 e. The third kappa shape index (κ3) is 4.58. The molecule has 1 saturated heterocycles. The van der Waals surface area contributed by atoms with Crippen LogP contribution in [0.2, 0.25) is 5.02 Å². The van der Waals surface area contributed by atoms with Crippen LogP contribution in [0.1, 0.15) is 29.7 Å². The SMILES string of the molecule is O=C(CSc1ccncc1)N1CCC(=C2c3ccc(Cl)cc3SCc3cccnc32)CC1. The number of aromatic nitrogens is 2. The number of rotatable bonds is 3. The number of benzene rings is 1. The van der Waals surface area contributed by atoms with Gasteiger partial charge in [0.05, 0.1) is 11.4 Å². The van der Waals surface area contributed by atoms with Crippen molar-refractivity contribution in [3.8, 4) is 0 Å². The number of hydrogen-bond donors (Lipinski definition) is 0. The second kappa shape index (κ2) is 9.69. The molecule has 4 heterocycles. The second-order valence-corrected chi connectivity index (χ2v) is 10.3. The van der Waals surface area contributed by atoms with Crippen molar-refractivity contribution in [2.75, 3.05) is 18.8 Å². The predicted octanol–water partition coefficient (Wildman–Crippen LogP) is 5.95. The largest absolute Gasteiger partial charge is 0.341 e. The Labute approximate surface area is 201 Å². The van der Waals surface area contributed by atoms with Crippen LogP contribution in [0.25, 0.3) is 5.57 Å². The summed E-state index contributed by atoms with van der Waals surface area (Å²) in [7, 11) is 0. The van der Waals surface area contributed by atoms with E-state index in [4.69, 9.17) is 16.6 Å². The molecule has 0 bridgehead atoms. The fourth-order valence-electron chi connectivity index (χ4n) is 4.19. The van der Waals surface area contributed by atoms with Crippen LogP contribution in [0, 0.1) is 0 Å². The molecule has 0 aliphatic carbocycles. The maximum atomic E-state index is 12.8. The fourth-order valence-corrected chi connectivity index (χ4v) is 6.29. The molecule has 1 fully saturated rings. The van der Waals surface area contributed by atoms with Gasteiger partial charge in [-0.25, -0.2) is 0 Å². The summed E-state index contributed by atoms with van der Waals surface area (Å²) in [6.07, 6.45) is 7.12. The molecule has 0 spiro atoms. The summed E-state index contributed by atoms with van der Waals surface area (Å²) in [6, 6.07) is 14.2. The molecular formula is C25H22ClN3OS2. The highest BCUT2D eigenvalue weighted by atomic mass is 35.5. The Morgan fingerprint density at radius 2 is 1.91 bits per heavy atom. The molecule has 2 aliphatic heterocycles. The van der Waals surface area contributed by atoms with Crippen LogP contribution in [0.5, 0.6) is 0 Å².